The number of aliphatic hydroxyl groups excluding tert-OH is 2. The predicted octanol–water partition coefficient (Wildman–Crippen LogP) is 1.29. The summed E-state index contributed by atoms with van der Waals surface area (Å²) in [6.07, 6.45) is 4.19. The van der Waals surface area contributed by atoms with Crippen molar-refractivity contribution in [1.29, 1.82) is 0 Å². The van der Waals surface area contributed by atoms with Gasteiger partial charge in [0.05, 0.1) is 11.6 Å². The van der Waals surface area contributed by atoms with Crippen LogP contribution in [0.1, 0.15) is 53.6 Å². The maximum absolute atomic E-state index is 15.9. The number of hydrogen-bond donors (Lipinski definition) is 6. The molecule has 0 bridgehead atoms. The fourth-order valence-electron chi connectivity index (χ4n) is 7.25. The van der Waals surface area contributed by atoms with E-state index in [1.807, 2.05) is 0 Å². The monoisotopic (exact) mass is 541 g/mol. The Morgan fingerprint density at radius 1 is 1.21 bits per heavy atom. The zero-order valence-corrected chi connectivity index (χ0v) is 21.8. The van der Waals surface area contributed by atoms with Crippen molar-refractivity contribution < 1.29 is 39.2 Å². The van der Waals surface area contributed by atoms with Crippen LogP contribution in [0.4, 0.5) is 4.39 Å². The van der Waals surface area contributed by atoms with Crippen LogP contribution in [0.15, 0.2) is 28.7 Å². The predicted molar refractivity (Wildman–Crippen MR) is 135 cm³/mol. The summed E-state index contributed by atoms with van der Waals surface area (Å²) in [4.78, 5) is 40.5. The molecule has 6 rings (SSSR count). The Kier molecular flexibility index (Phi) is 5.57. The standard InChI is InChI=1S/C28H32FN3O7/c1-32(2)21-15-8-11-7-14-18(16(33)9-12(20(14)29)10-31-27(5-6-27)13-3-4-13)22(34)17(11)24(36)28(15,39)25(37)19(23(21)35)26(30)38/h9,11,13,15,21,31,33,35-36,39H,3-8,10H2,1-2H3,(H2,30,38)/t11-,15-,21-,28-/m0/s1. The maximum Gasteiger partial charge on any atom is 0.255 e. The number of carbonyl (C=O) groups is 3. The highest BCUT2D eigenvalue weighted by atomic mass is 19.1. The number of fused-ring (bicyclic) bond motifs is 3. The van der Waals surface area contributed by atoms with Crippen LogP contribution in [-0.2, 0) is 22.6 Å². The third-order valence-corrected chi connectivity index (χ3v) is 9.51. The highest BCUT2D eigenvalue weighted by Gasteiger charge is 2.63. The topological polar surface area (TPSA) is 173 Å². The number of phenolic OH excluding ortho intramolecular Hbond substituents is 1. The minimum atomic E-state index is -2.72. The van der Waals surface area contributed by atoms with Crippen molar-refractivity contribution in [2.75, 3.05) is 14.1 Å². The largest absolute Gasteiger partial charge is 0.510 e. The summed E-state index contributed by atoms with van der Waals surface area (Å²) in [6.45, 7) is 0.199. The quantitative estimate of drug-likeness (QED) is 0.290. The van der Waals surface area contributed by atoms with E-state index in [1.165, 1.54) is 11.0 Å². The number of nitrogens with two attached hydrogens (primary N) is 1. The molecule has 1 aromatic rings. The minimum Gasteiger partial charge on any atom is -0.510 e. The Bertz CT molecular complexity index is 1410. The smallest absolute Gasteiger partial charge is 0.255 e. The fourth-order valence-corrected chi connectivity index (χ4v) is 7.25. The van der Waals surface area contributed by atoms with Gasteiger partial charge in [0.15, 0.2) is 11.4 Å². The number of phenols is 1. The van der Waals surface area contributed by atoms with Gasteiger partial charge in [-0.3, -0.25) is 19.3 Å². The van der Waals surface area contributed by atoms with Gasteiger partial charge in [-0.2, -0.15) is 0 Å². The van der Waals surface area contributed by atoms with Gasteiger partial charge in [0, 0.05) is 34.7 Å². The number of rotatable bonds is 6. The number of allylic oxidation sites excluding steroid dienone is 1. The zero-order valence-electron chi connectivity index (χ0n) is 21.8. The number of aromatic hydroxyl groups is 1. The number of nitrogens with zero attached hydrogens (tertiary/aromatic N) is 1. The lowest BCUT2D eigenvalue weighted by Gasteiger charge is -2.50. The number of hydrogen-bond acceptors (Lipinski definition) is 9. The average Bonchev–Trinajstić information content (AvgIpc) is 3.76. The molecule has 10 nitrogen and oxygen atoms in total. The summed E-state index contributed by atoms with van der Waals surface area (Å²) in [5, 5.41) is 48.0. The molecular formula is C28H32FN3O7. The molecule has 2 saturated carbocycles. The van der Waals surface area contributed by atoms with Crippen LogP contribution in [0, 0.1) is 23.6 Å². The Hall–Kier alpha value is -3.28. The zero-order chi connectivity index (χ0) is 28.2. The number of carbonyl (C=O) groups excluding carboxylic acids is 3. The van der Waals surface area contributed by atoms with Crippen molar-refractivity contribution in [2.45, 2.75) is 62.3 Å². The number of halogens is 1. The second kappa shape index (κ2) is 8.36. The highest BCUT2D eigenvalue weighted by molar-refractivity contribution is 6.24. The second-order valence-corrected chi connectivity index (χ2v) is 12.0. The van der Waals surface area contributed by atoms with Crippen LogP contribution in [0.5, 0.6) is 5.75 Å². The third kappa shape index (κ3) is 3.52. The highest BCUT2D eigenvalue weighted by Crippen LogP contribution is 2.55. The molecule has 7 N–H and O–H groups in total. The van der Waals surface area contributed by atoms with Crippen molar-refractivity contribution >= 4 is 17.5 Å². The van der Waals surface area contributed by atoms with E-state index in [1.54, 1.807) is 14.1 Å². The summed E-state index contributed by atoms with van der Waals surface area (Å²) in [5.41, 5.74) is 1.40. The fraction of sp³-hybridized carbons (Fsp3) is 0.536. The van der Waals surface area contributed by atoms with Crippen LogP contribution in [0.3, 0.4) is 0 Å². The van der Waals surface area contributed by atoms with E-state index >= 15 is 4.39 Å². The van der Waals surface area contributed by atoms with E-state index in [4.69, 9.17) is 5.73 Å². The lowest BCUT2D eigenvalue weighted by atomic mass is 9.58. The van der Waals surface area contributed by atoms with Gasteiger partial charge in [-0.05, 0) is 70.5 Å². The van der Waals surface area contributed by atoms with Crippen LogP contribution in [-0.4, -0.2) is 74.1 Å². The number of Topliss-reactive ketones (excluding diaryl/α,β-unsaturated/α-hetero) is 2. The first kappa shape index (κ1) is 26.0. The van der Waals surface area contributed by atoms with Gasteiger partial charge < -0.3 is 31.5 Å². The number of likely N-dealkylation sites (N-methyl/N-ethyl adjacent to an activating group) is 1. The van der Waals surface area contributed by atoms with Crippen LogP contribution in [0.2, 0.25) is 0 Å². The number of aliphatic hydroxyl groups is 3. The molecule has 39 heavy (non-hydrogen) atoms. The molecule has 5 aliphatic carbocycles. The first-order valence-electron chi connectivity index (χ1n) is 13.3. The van der Waals surface area contributed by atoms with Gasteiger partial charge >= 0.3 is 0 Å². The summed E-state index contributed by atoms with van der Waals surface area (Å²) < 4.78 is 15.9. The van der Waals surface area contributed by atoms with Crippen molar-refractivity contribution in [3.05, 3.63) is 51.2 Å². The molecule has 0 saturated heterocycles. The van der Waals surface area contributed by atoms with Crippen LogP contribution >= 0.6 is 0 Å². The molecule has 1 aromatic carbocycles. The molecule has 11 heteroatoms. The van der Waals surface area contributed by atoms with E-state index in [0.29, 0.717) is 5.92 Å². The van der Waals surface area contributed by atoms with E-state index in [9.17, 15) is 34.8 Å². The van der Waals surface area contributed by atoms with Crippen LogP contribution < -0.4 is 11.1 Å². The van der Waals surface area contributed by atoms with E-state index < -0.39 is 69.6 Å². The van der Waals surface area contributed by atoms with E-state index in [2.05, 4.69) is 5.32 Å². The third-order valence-electron chi connectivity index (χ3n) is 9.51. The molecule has 208 valence electrons. The van der Waals surface area contributed by atoms with E-state index in [0.717, 1.165) is 25.7 Å². The van der Waals surface area contributed by atoms with Crippen molar-refractivity contribution in [2.24, 2.45) is 23.5 Å². The maximum atomic E-state index is 15.9. The van der Waals surface area contributed by atoms with Crippen molar-refractivity contribution in [3.63, 3.8) is 0 Å². The molecule has 0 unspecified atom stereocenters. The summed E-state index contributed by atoms with van der Waals surface area (Å²) in [5.74, 6) is -7.54. The first-order chi connectivity index (χ1) is 18.3. The minimum absolute atomic E-state index is 0.0150. The average molecular weight is 542 g/mol. The molecule has 1 amide bonds. The molecule has 5 aliphatic rings. The van der Waals surface area contributed by atoms with Gasteiger partial charge in [-0.25, -0.2) is 4.39 Å². The van der Waals surface area contributed by atoms with Gasteiger partial charge in [0.25, 0.3) is 5.91 Å². The summed E-state index contributed by atoms with van der Waals surface area (Å²) >= 11 is 0. The molecule has 0 spiro atoms. The molecular weight excluding hydrogens is 509 g/mol. The lowest BCUT2D eigenvalue weighted by molar-refractivity contribution is -0.148. The van der Waals surface area contributed by atoms with E-state index in [-0.39, 0.29) is 47.2 Å². The molecule has 0 heterocycles. The SMILES string of the molecule is CN(C)[C@@H]1C(O)=C(C(N)=O)C(=O)[C@@]2(O)C(O)=C3C(=O)c4c(O)cc(CNC5(C6CC6)CC5)c(F)c4C[C@H]3C[C@@H]12. The summed E-state index contributed by atoms with van der Waals surface area (Å²) in [7, 11) is 3.11. The van der Waals surface area contributed by atoms with Gasteiger partial charge in [-0.15, -0.1) is 0 Å². The van der Waals surface area contributed by atoms with Crippen molar-refractivity contribution in [3.8, 4) is 5.75 Å². The second-order valence-electron chi connectivity index (χ2n) is 12.0. The normalized spacial score (nSPS) is 31.3. The van der Waals surface area contributed by atoms with Gasteiger partial charge in [-0.1, -0.05) is 0 Å². The molecule has 4 atom stereocenters. The number of benzene rings is 1. The number of nitrogens with one attached hydrogen (secondary N) is 1. The number of amides is 1. The molecule has 2 fully saturated rings. The first-order valence-corrected chi connectivity index (χ1v) is 13.3. The lowest BCUT2D eigenvalue weighted by Crippen LogP contribution is -2.63. The summed E-state index contributed by atoms with van der Waals surface area (Å²) in [6, 6.07) is 0.112. The Labute approximate surface area is 224 Å². The van der Waals surface area contributed by atoms with Crippen molar-refractivity contribution in [1.82, 2.24) is 10.2 Å². The molecule has 0 aliphatic heterocycles. The van der Waals surface area contributed by atoms with Gasteiger partial charge in [0.1, 0.15) is 28.7 Å². The number of primary amides is 1. The Balaban J connectivity index is 1.42. The van der Waals surface area contributed by atoms with Crippen LogP contribution in [0.25, 0.3) is 0 Å². The molecule has 0 radical (unpaired) electrons. The van der Waals surface area contributed by atoms with Gasteiger partial charge in [0.2, 0.25) is 5.78 Å². The Morgan fingerprint density at radius 3 is 2.44 bits per heavy atom. The number of ketones is 2. The molecule has 0 aromatic heterocycles. The Morgan fingerprint density at radius 2 is 1.87 bits per heavy atom.